The summed E-state index contributed by atoms with van der Waals surface area (Å²) in [6.45, 7) is 7.98. The van der Waals surface area contributed by atoms with Crippen LogP contribution in [0.3, 0.4) is 0 Å². The lowest BCUT2D eigenvalue weighted by molar-refractivity contribution is -0.116. The Labute approximate surface area is 174 Å². The van der Waals surface area contributed by atoms with Crippen molar-refractivity contribution in [1.29, 1.82) is 0 Å². The fourth-order valence-electron chi connectivity index (χ4n) is 3.49. The number of fused-ring (bicyclic) bond motifs is 1. The molecule has 1 heterocycles. The Balaban J connectivity index is 2.37. The van der Waals surface area contributed by atoms with Gasteiger partial charge in [-0.2, -0.15) is 0 Å². The van der Waals surface area contributed by atoms with E-state index >= 15 is 0 Å². The topological polar surface area (TPSA) is 71.1 Å². The first-order valence-electron chi connectivity index (χ1n) is 10.3. The Kier molecular flexibility index (Phi) is 8.46. The third-order valence-electron chi connectivity index (χ3n) is 5.52. The van der Waals surface area contributed by atoms with Gasteiger partial charge in [0.15, 0.2) is 0 Å². The predicted molar refractivity (Wildman–Crippen MR) is 114 cm³/mol. The first kappa shape index (κ1) is 23.2. The number of nitrogens with zero attached hydrogens (tertiary/aromatic N) is 2. The summed E-state index contributed by atoms with van der Waals surface area (Å²) in [5.41, 5.74) is 1.04. The summed E-state index contributed by atoms with van der Waals surface area (Å²) in [4.78, 5) is 29.1. The van der Waals surface area contributed by atoms with E-state index in [0.29, 0.717) is 36.6 Å². The molecule has 0 unspecified atom stereocenters. The molecule has 2 rings (SSSR count). The standard InChI is InChI=1S/C22H35N3O4/c1-7-8-21(26)23-17-9-10-19-18(11-17)22(27)25(5)13-20(28-6)15(2)12-24(4)16(3)14-29-19/h9-11,15-16,20H,7-8,12-14H2,1-6H3,(H,23,26)/t15-,16+,20-/m1/s1. The highest BCUT2D eigenvalue weighted by atomic mass is 16.5. The van der Waals surface area contributed by atoms with Crippen molar-refractivity contribution in [2.75, 3.05) is 46.2 Å². The lowest BCUT2D eigenvalue weighted by Gasteiger charge is -2.34. The van der Waals surface area contributed by atoms with Gasteiger partial charge >= 0.3 is 0 Å². The maximum absolute atomic E-state index is 13.2. The minimum absolute atomic E-state index is 0.0640. The molecule has 2 amide bonds. The minimum atomic E-state index is -0.151. The van der Waals surface area contributed by atoms with E-state index in [0.717, 1.165) is 13.0 Å². The van der Waals surface area contributed by atoms with Crippen LogP contribution in [-0.4, -0.2) is 74.7 Å². The van der Waals surface area contributed by atoms with Crippen LogP contribution in [0.2, 0.25) is 0 Å². The monoisotopic (exact) mass is 405 g/mol. The van der Waals surface area contributed by atoms with Gasteiger partial charge in [-0.3, -0.25) is 14.5 Å². The fraction of sp³-hybridized carbons (Fsp3) is 0.636. The molecule has 1 N–H and O–H groups in total. The molecule has 7 heteroatoms. The number of likely N-dealkylation sites (N-methyl/N-ethyl adjacent to an activating group) is 2. The molecule has 0 fully saturated rings. The molecule has 3 atom stereocenters. The number of carbonyl (C=O) groups excluding carboxylic acids is 2. The molecule has 1 aromatic carbocycles. The van der Waals surface area contributed by atoms with E-state index in [1.165, 1.54) is 0 Å². The number of ether oxygens (including phenoxy) is 2. The fourth-order valence-corrected chi connectivity index (χ4v) is 3.49. The SMILES string of the molecule is CCCC(=O)Nc1ccc2c(c1)C(=O)N(C)C[C@@H](OC)[C@H](C)CN(C)[C@@H](C)CO2. The van der Waals surface area contributed by atoms with Gasteiger partial charge in [-0.05, 0) is 44.5 Å². The van der Waals surface area contributed by atoms with Crippen molar-refractivity contribution >= 4 is 17.5 Å². The Bertz CT molecular complexity index is 709. The average molecular weight is 406 g/mol. The summed E-state index contributed by atoms with van der Waals surface area (Å²) in [5, 5.41) is 2.86. The van der Waals surface area contributed by atoms with Crippen molar-refractivity contribution in [3.63, 3.8) is 0 Å². The van der Waals surface area contributed by atoms with Crippen molar-refractivity contribution in [3.05, 3.63) is 23.8 Å². The number of hydrogen-bond acceptors (Lipinski definition) is 5. The lowest BCUT2D eigenvalue weighted by Crippen LogP contribution is -2.45. The van der Waals surface area contributed by atoms with Gasteiger partial charge < -0.3 is 19.7 Å². The second kappa shape index (κ2) is 10.6. The van der Waals surface area contributed by atoms with Crippen LogP contribution in [0.25, 0.3) is 0 Å². The summed E-state index contributed by atoms with van der Waals surface area (Å²) in [6.07, 6.45) is 1.14. The molecule has 1 aliphatic heterocycles. The zero-order chi connectivity index (χ0) is 21.6. The minimum Gasteiger partial charge on any atom is -0.491 e. The molecule has 0 spiro atoms. The van der Waals surface area contributed by atoms with Crippen LogP contribution in [0.15, 0.2) is 18.2 Å². The van der Waals surface area contributed by atoms with E-state index in [1.807, 2.05) is 6.92 Å². The Morgan fingerprint density at radius 3 is 2.66 bits per heavy atom. The summed E-state index contributed by atoms with van der Waals surface area (Å²) in [6, 6.07) is 5.42. The van der Waals surface area contributed by atoms with Crippen molar-refractivity contribution in [2.24, 2.45) is 5.92 Å². The van der Waals surface area contributed by atoms with Crippen LogP contribution in [0.4, 0.5) is 5.69 Å². The van der Waals surface area contributed by atoms with Crippen LogP contribution < -0.4 is 10.1 Å². The molecule has 0 aliphatic carbocycles. The normalized spacial score (nSPS) is 24.1. The summed E-state index contributed by atoms with van der Waals surface area (Å²) in [7, 11) is 5.53. The summed E-state index contributed by atoms with van der Waals surface area (Å²) in [5.74, 6) is 0.563. The average Bonchev–Trinajstić information content (AvgIpc) is 2.69. The van der Waals surface area contributed by atoms with Crippen molar-refractivity contribution in [2.45, 2.75) is 45.8 Å². The third kappa shape index (κ3) is 6.18. The van der Waals surface area contributed by atoms with Crippen LogP contribution in [0.5, 0.6) is 5.75 Å². The zero-order valence-electron chi connectivity index (χ0n) is 18.5. The van der Waals surface area contributed by atoms with E-state index in [4.69, 9.17) is 9.47 Å². The van der Waals surface area contributed by atoms with Crippen LogP contribution in [0, 0.1) is 5.92 Å². The van der Waals surface area contributed by atoms with Gasteiger partial charge in [0.05, 0.1) is 11.7 Å². The molecule has 0 saturated heterocycles. The summed E-state index contributed by atoms with van der Waals surface area (Å²) < 4.78 is 11.7. The maximum atomic E-state index is 13.2. The lowest BCUT2D eigenvalue weighted by atomic mass is 10.0. The predicted octanol–water partition coefficient (Wildman–Crippen LogP) is 2.86. The molecule has 1 aliphatic rings. The number of benzene rings is 1. The van der Waals surface area contributed by atoms with Crippen LogP contribution >= 0.6 is 0 Å². The first-order valence-corrected chi connectivity index (χ1v) is 10.3. The molecule has 162 valence electrons. The van der Waals surface area contributed by atoms with Gasteiger partial charge in [0.2, 0.25) is 5.91 Å². The number of carbonyl (C=O) groups is 2. The second-order valence-corrected chi connectivity index (χ2v) is 8.05. The van der Waals surface area contributed by atoms with Gasteiger partial charge in [0, 0.05) is 45.4 Å². The highest BCUT2D eigenvalue weighted by Gasteiger charge is 2.27. The number of hydrogen-bond donors (Lipinski definition) is 1. The number of anilines is 1. The van der Waals surface area contributed by atoms with E-state index in [9.17, 15) is 9.59 Å². The molecular formula is C22H35N3O4. The molecule has 0 aromatic heterocycles. The molecule has 1 aromatic rings. The molecule has 7 nitrogen and oxygen atoms in total. The van der Waals surface area contributed by atoms with Crippen molar-refractivity contribution in [1.82, 2.24) is 9.80 Å². The van der Waals surface area contributed by atoms with Gasteiger partial charge in [-0.25, -0.2) is 0 Å². The Morgan fingerprint density at radius 2 is 2.00 bits per heavy atom. The highest BCUT2D eigenvalue weighted by Crippen LogP contribution is 2.26. The van der Waals surface area contributed by atoms with Gasteiger partial charge in [0.1, 0.15) is 12.4 Å². The first-order chi connectivity index (χ1) is 13.8. The maximum Gasteiger partial charge on any atom is 0.257 e. The van der Waals surface area contributed by atoms with E-state index in [1.54, 1.807) is 37.3 Å². The third-order valence-corrected chi connectivity index (χ3v) is 5.52. The van der Waals surface area contributed by atoms with E-state index < -0.39 is 0 Å². The Morgan fingerprint density at radius 1 is 1.28 bits per heavy atom. The molecule has 0 bridgehead atoms. The quantitative estimate of drug-likeness (QED) is 0.834. The van der Waals surface area contributed by atoms with E-state index in [-0.39, 0.29) is 29.9 Å². The molecule has 29 heavy (non-hydrogen) atoms. The summed E-state index contributed by atoms with van der Waals surface area (Å²) >= 11 is 0. The van der Waals surface area contributed by atoms with Gasteiger partial charge in [-0.15, -0.1) is 0 Å². The van der Waals surface area contributed by atoms with Crippen LogP contribution in [0.1, 0.15) is 44.0 Å². The van der Waals surface area contributed by atoms with E-state index in [2.05, 4.69) is 31.1 Å². The van der Waals surface area contributed by atoms with Crippen molar-refractivity contribution < 1.29 is 19.1 Å². The highest BCUT2D eigenvalue weighted by molar-refractivity contribution is 5.99. The second-order valence-electron chi connectivity index (χ2n) is 8.05. The number of amides is 2. The zero-order valence-corrected chi connectivity index (χ0v) is 18.5. The number of nitrogens with one attached hydrogen (secondary N) is 1. The van der Waals surface area contributed by atoms with Crippen molar-refractivity contribution in [3.8, 4) is 5.75 Å². The van der Waals surface area contributed by atoms with Crippen LogP contribution in [-0.2, 0) is 9.53 Å². The molecular weight excluding hydrogens is 370 g/mol. The number of methoxy groups -OCH3 is 1. The molecule has 0 saturated carbocycles. The van der Waals surface area contributed by atoms with Gasteiger partial charge in [-0.1, -0.05) is 13.8 Å². The number of rotatable bonds is 4. The molecule has 0 radical (unpaired) electrons. The van der Waals surface area contributed by atoms with Gasteiger partial charge in [0.25, 0.3) is 5.91 Å². The Hall–Kier alpha value is -2.12. The largest absolute Gasteiger partial charge is 0.491 e. The smallest absolute Gasteiger partial charge is 0.257 e.